The second-order valence-corrected chi connectivity index (χ2v) is 21.6. The first-order valence-electron chi connectivity index (χ1n) is 26.3. The van der Waals surface area contributed by atoms with Gasteiger partial charge in [0.05, 0.1) is 22.7 Å². The third-order valence-electron chi connectivity index (χ3n) is 16.6. The zero-order chi connectivity index (χ0) is 51.1. The van der Waals surface area contributed by atoms with Gasteiger partial charge in [0.2, 0.25) is 0 Å². The molecule has 1 heterocycles. The van der Waals surface area contributed by atoms with Crippen molar-refractivity contribution in [1.29, 1.82) is 0 Å². The Kier molecular flexibility index (Phi) is 9.53. The number of para-hydroxylation sites is 1. The van der Waals surface area contributed by atoms with Gasteiger partial charge in [-0.25, -0.2) is 4.39 Å². The highest BCUT2D eigenvalue weighted by molar-refractivity contribution is 6.28. The van der Waals surface area contributed by atoms with Crippen molar-refractivity contribution in [3.63, 3.8) is 0 Å². The largest absolute Gasteiger partial charge is 0.456 e. The smallest absolute Gasteiger partial charge is 0.148 e. The summed E-state index contributed by atoms with van der Waals surface area (Å²) in [6.45, 7) is 11.5. The van der Waals surface area contributed by atoms with E-state index in [1.165, 1.54) is 60.4 Å². The maximum atomic E-state index is 18.2. The van der Waals surface area contributed by atoms with E-state index in [2.05, 4.69) is 184 Å². The summed E-state index contributed by atoms with van der Waals surface area (Å²) in [6, 6.07) is 77.6. The molecule has 3 nitrogen and oxygen atoms in total. The molecule has 0 bridgehead atoms. The Hall–Kier alpha value is -9.25. The fourth-order valence-corrected chi connectivity index (χ4v) is 13.3. The molecule has 1 aliphatic carbocycles. The van der Waals surface area contributed by atoms with E-state index in [9.17, 15) is 0 Å². The monoisotopic (exact) mass is 978 g/mol. The van der Waals surface area contributed by atoms with Gasteiger partial charge in [0.15, 0.2) is 0 Å². The van der Waals surface area contributed by atoms with Crippen LogP contribution in [0, 0.1) is 26.6 Å². The van der Waals surface area contributed by atoms with Crippen LogP contribution in [0.25, 0.3) is 98.1 Å². The van der Waals surface area contributed by atoms with Crippen molar-refractivity contribution in [1.82, 2.24) is 0 Å². The van der Waals surface area contributed by atoms with Crippen molar-refractivity contribution in [3.05, 3.63) is 252 Å². The van der Waals surface area contributed by atoms with Gasteiger partial charge in [0.1, 0.15) is 17.0 Å². The van der Waals surface area contributed by atoms with Crippen molar-refractivity contribution in [2.45, 2.75) is 40.0 Å². The predicted molar refractivity (Wildman–Crippen MR) is 319 cm³/mol. The first-order valence-corrected chi connectivity index (χ1v) is 26.3. The molecule has 1 aromatic heterocycles. The molecular formula is C72H51FN2O. The predicted octanol–water partition coefficient (Wildman–Crippen LogP) is 20.8. The molecule has 15 rings (SSSR count). The van der Waals surface area contributed by atoms with Crippen LogP contribution in [0.3, 0.4) is 0 Å². The molecule has 0 fully saturated rings. The summed E-state index contributed by atoms with van der Waals surface area (Å²) >= 11 is 0. The van der Waals surface area contributed by atoms with Crippen LogP contribution in [-0.4, -0.2) is 0 Å². The normalized spacial score (nSPS) is 13.0. The first-order chi connectivity index (χ1) is 37.1. The van der Waals surface area contributed by atoms with Crippen LogP contribution in [0.4, 0.5) is 38.5 Å². The average molecular weight is 979 g/mol. The number of aryl methyl sites for hydroxylation is 3. The molecule has 76 heavy (non-hydrogen) atoms. The van der Waals surface area contributed by atoms with E-state index in [1.54, 1.807) is 6.07 Å². The molecule has 0 atom stereocenters. The Morgan fingerprint density at radius 3 is 1.67 bits per heavy atom. The molecule has 1 aliphatic rings. The second-order valence-electron chi connectivity index (χ2n) is 21.6. The van der Waals surface area contributed by atoms with E-state index in [4.69, 9.17) is 4.42 Å². The number of furan rings is 1. The van der Waals surface area contributed by atoms with Crippen LogP contribution in [0.2, 0.25) is 0 Å². The highest BCUT2D eigenvalue weighted by Gasteiger charge is 2.36. The van der Waals surface area contributed by atoms with Gasteiger partial charge in [-0.05, 0) is 163 Å². The number of fused-ring (bicyclic) bond motifs is 3. The van der Waals surface area contributed by atoms with Crippen molar-refractivity contribution >= 4 is 110 Å². The van der Waals surface area contributed by atoms with Crippen LogP contribution < -0.4 is 9.80 Å². The Balaban J connectivity index is 1.01. The summed E-state index contributed by atoms with van der Waals surface area (Å²) in [5.74, 6) is -0.324. The lowest BCUT2D eigenvalue weighted by Crippen LogP contribution is -2.18. The summed E-state index contributed by atoms with van der Waals surface area (Å²) in [5, 5.41) is 13.9. The van der Waals surface area contributed by atoms with Crippen molar-refractivity contribution < 1.29 is 8.81 Å². The zero-order valence-electron chi connectivity index (χ0n) is 43.0. The van der Waals surface area contributed by atoms with Crippen LogP contribution in [0.1, 0.15) is 41.7 Å². The van der Waals surface area contributed by atoms with E-state index in [0.717, 1.165) is 93.9 Å². The summed E-state index contributed by atoms with van der Waals surface area (Å²) in [5.41, 5.74) is 16.8. The lowest BCUT2D eigenvalue weighted by molar-refractivity contribution is 0.630. The van der Waals surface area contributed by atoms with Gasteiger partial charge >= 0.3 is 0 Å². The number of rotatable bonds is 8. The van der Waals surface area contributed by atoms with E-state index in [-0.39, 0.29) is 11.2 Å². The number of halogens is 1. The quantitative estimate of drug-likeness (QED) is 0.141. The van der Waals surface area contributed by atoms with Gasteiger partial charge in [-0.3, -0.25) is 0 Å². The first kappa shape index (κ1) is 44.3. The van der Waals surface area contributed by atoms with Gasteiger partial charge in [0.25, 0.3) is 0 Å². The summed E-state index contributed by atoms with van der Waals surface area (Å²) in [6.07, 6.45) is 0. The molecule has 362 valence electrons. The SMILES string of the molecule is Cc1cc(C)c(N(c2cc3c4c(ccc5cccc(c54)C3(C)C)c2)c2ccc3ccc4c(N(c5ccc6oc7ccccc7c6c5)c5c(F)cc(-c6ccccc6)cc5-c5ccccc5)ccc5ccc2c3c54)c(C)c1. The summed E-state index contributed by atoms with van der Waals surface area (Å²) in [4.78, 5) is 4.68. The molecule has 0 spiro atoms. The Morgan fingerprint density at radius 1 is 0.382 bits per heavy atom. The van der Waals surface area contributed by atoms with E-state index >= 15 is 4.39 Å². The maximum absolute atomic E-state index is 18.2. The van der Waals surface area contributed by atoms with Gasteiger partial charge in [0, 0.05) is 43.9 Å². The highest BCUT2D eigenvalue weighted by atomic mass is 19.1. The van der Waals surface area contributed by atoms with Crippen LogP contribution in [-0.2, 0) is 5.41 Å². The molecule has 13 aromatic carbocycles. The lowest BCUT2D eigenvalue weighted by atomic mass is 9.81. The molecule has 0 unspecified atom stereocenters. The van der Waals surface area contributed by atoms with Crippen LogP contribution >= 0.6 is 0 Å². The molecule has 0 amide bonds. The minimum atomic E-state index is -0.324. The molecular weight excluding hydrogens is 928 g/mol. The lowest BCUT2D eigenvalue weighted by Gasteiger charge is -2.32. The third kappa shape index (κ3) is 6.47. The van der Waals surface area contributed by atoms with Crippen LogP contribution in [0.5, 0.6) is 0 Å². The third-order valence-corrected chi connectivity index (χ3v) is 16.6. The molecule has 4 heteroatoms. The van der Waals surface area contributed by atoms with Gasteiger partial charge in [-0.15, -0.1) is 0 Å². The van der Waals surface area contributed by atoms with Gasteiger partial charge < -0.3 is 14.2 Å². The van der Waals surface area contributed by atoms with Crippen molar-refractivity contribution in [2.75, 3.05) is 9.80 Å². The van der Waals surface area contributed by atoms with Crippen molar-refractivity contribution in [2.24, 2.45) is 0 Å². The maximum Gasteiger partial charge on any atom is 0.148 e. The second kappa shape index (κ2) is 16.4. The van der Waals surface area contributed by atoms with E-state index in [0.29, 0.717) is 5.69 Å². The Labute approximate surface area is 440 Å². The highest BCUT2D eigenvalue weighted by Crippen LogP contribution is 2.54. The number of hydrogen-bond acceptors (Lipinski definition) is 3. The molecule has 0 saturated heterocycles. The Morgan fingerprint density at radius 2 is 0.961 bits per heavy atom. The number of anilines is 6. The van der Waals surface area contributed by atoms with Gasteiger partial charge in [-0.2, -0.15) is 0 Å². The fourth-order valence-electron chi connectivity index (χ4n) is 13.3. The molecule has 14 aromatic rings. The van der Waals surface area contributed by atoms with Crippen LogP contribution in [0.15, 0.2) is 223 Å². The number of benzene rings is 13. The fraction of sp³-hybridized carbons (Fsp3) is 0.0833. The minimum Gasteiger partial charge on any atom is -0.456 e. The average Bonchev–Trinajstić information content (AvgIpc) is 4.00. The summed E-state index contributed by atoms with van der Waals surface area (Å²) in [7, 11) is 0. The molecule has 0 N–H and O–H groups in total. The Bertz CT molecular complexity index is 4700. The standard InChI is InChI=1S/C72H51FN2O/c1-42-35-43(2)70(44(3)36-42)75(53-37-50-24-23-47-19-14-21-59-68(47)69(50)60(41-53)72(59,4)5)63-33-28-49-25-30-55-62(32-27-48-26-31-56(63)67(49)66(48)55)74(52-29-34-65-58(40-52)54-20-12-13-22-64(54)76-65)71-57(46-17-10-7-11-18-46)38-51(39-61(71)73)45-15-8-6-9-16-45/h6-41H,1-5H3. The van der Waals surface area contributed by atoms with Crippen molar-refractivity contribution in [3.8, 4) is 22.3 Å². The zero-order valence-corrected chi connectivity index (χ0v) is 43.0. The van der Waals surface area contributed by atoms with E-state index < -0.39 is 0 Å². The number of nitrogens with zero attached hydrogens (tertiary/aromatic N) is 2. The van der Waals surface area contributed by atoms with E-state index in [1.807, 2.05) is 72.8 Å². The molecule has 0 saturated carbocycles. The molecule has 0 radical (unpaired) electrons. The minimum absolute atomic E-state index is 0.192. The van der Waals surface area contributed by atoms with Gasteiger partial charge in [-0.1, -0.05) is 177 Å². The summed E-state index contributed by atoms with van der Waals surface area (Å²) < 4.78 is 24.6. The number of hydrogen-bond donors (Lipinski definition) is 0. The topological polar surface area (TPSA) is 19.6 Å². The molecule has 0 aliphatic heterocycles.